The van der Waals surface area contributed by atoms with E-state index in [0.717, 1.165) is 32.0 Å². The van der Waals surface area contributed by atoms with Crippen molar-refractivity contribution < 1.29 is 19.5 Å². The topological polar surface area (TPSA) is 71.4 Å². The van der Waals surface area contributed by atoms with Crippen molar-refractivity contribution in [2.45, 2.75) is 37.7 Å². The lowest BCUT2D eigenvalue weighted by Crippen LogP contribution is -2.25. The van der Waals surface area contributed by atoms with E-state index in [0.29, 0.717) is 5.92 Å². The smallest absolute Gasteiger partial charge is 0.373 e. The number of aldehydes is 1. The van der Waals surface area contributed by atoms with Crippen molar-refractivity contribution in [2.75, 3.05) is 0 Å². The molecule has 1 aromatic carbocycles. The molecule has 0 aliphatic heterocycles. The summed E-state index contributed by atoms with van der Waals surface area (Å²) in [7, 11) is 0. The predicted octanol–water partition coefficient (Wildman–Crippen LogP) is 1.77. The lowest BCUT2D eigenvalue weighted by atomic mass is 9.93. The quantitative estimate of drug-likeness (QED) is 0.839. The number of hydrogen-bond acceptors (Lipinski definition) is 4. The molecule has 0 spiro atoms. The van der Waals surface area contributed by atoms with Crippen LogP contribution in [-0.4, -0.2) is 23.1 Å². The zero-order valence-corrected chi connectivity index (χ0v) is 10.7. The van der Waals surface area contributed by atoms with Crippen LogP contribution in [0.5, 0.6) is 0 Å². The predicted molar refractivity (Wildman–Crippen MR) is 68.1 cm³/mol. The van der Waals surface area contributed by atoms with Crippen molar-refractivity contribution in [3.8, 4) is 0 Å². The van der Waals surface area contributed by atoms with Gasteiger partial charge in [-0.3, -0.25) is 0 Å². The highest BCUT2D eigenvalue weighted by Gasteiger charge is 2.36. The summed E-state index contributed by atoms with van der Waals surface area (Å²) in [6, 6.07) is 10.3. The Morgan fingerprint density at radius 1 is 1.32 bits per heavy atom. The number of carbonyl (C=O) groups is 1. The van der Waals surface area contributed by atoms with E-state index in [1.807, 2.05) is 18.2 Å². The number of aliphatic hydroxyl groups is 1. The van der Waals surface area contributed by atoms with Crippen LogP contribution < -0.4 is 0 Å². The minimum absolute atomic E-state index is 0.250. The summed E-state index contributed by atoms with van der Waals surface area (Å²) < 4.78 is 0. The van der Waals surface area contributed by atoms with Gasteiger partial charge < -0.3 is 9.90 Å². The molecule has 1 aliphatic carbocycles. The molecule has 2 rings (SSSR count). The normalized spacial score (nSPS) is 25.0. The van der Waals surface area contributed by atoms with Crippen LogP contribution in [0.4, 0.5) is 0 Å². The van der Waals surface area contributed by atoms with Gasteiger partial charge in [0.05, 0.1) is 5.60 Å². The van der Waals surface area contributed by atoms with Crippen molar-refractivity contribution in [1.29, 1.82) is 0 Å². The van der Waals surface area contributed by atoms with Crippen molar-refractivity contribution in [1.82, 2.24) is 0 Å². The number of carbonyl (C=O) groups excluding carboxylic acids is 3. The summed E-state index contributed by atoms with van der Waals surface area (Å²) in [5.41, 5.74) is 0.601. The summed E-state index contributed by atoms with van der Waals surface area (Å²) in [4.78, 5) is 26.7. The van der Waals surface area contributed by atoms with Crippen molar-refractivity contribution in [3.05, 3.63) is 35.9 Å². The summed E-state index contributed by atoms with van der Waals surface area (Å²) >= 11 is 0. The Kier molecular flexibility index (Phi) is 6.13. The Balaban J connectivity index is 0.000000550. The highest BCUT2D eigenvalue weighted by molar-refractivity contribution is 5.51. The highest BCUT2D eigenvalue weighted by Crippen LogP contribution is 2.37. The van der Waals surface area contributed by atoms with Crippen LogP contribution in [0.1, 0.15) is 31.2 Å². The van der Waals surface area contributed by atoms with E-state index in [4.69, 9.17) is 9.59 Å². The average Bonchev–Trinajstić information content (AvgIpc) is 2.73. The highest BCUT2D eigenvalue weighted by atomic mass is 16.3. The minimum Gasteiger partial charge on any atom is -0.389 e. The van der Waals surface area contributed by atoms with E-state index in [9.17, 15) is 9.90 Å². The van der Waals surface area contributed by atoms with Gasteiger partial charge in [0.1, 0.15) is 6.29 Å². The van der Waals surface area contributed by atoms with Gasteiger partial charge in [-0.05, 0) is 37.2 Å². The monoisotopic (exact) mass is 262 g/mol. The zero-order chi connectivity index (χ0) is 14.1. The summed E-state index contributed by atoms with van der Waals surface area (Å²) in [5, 5.41) is 10.1. The molecule has 0 radical (unpaired) electrons. The molecule has 102 valence electrons. The van der Waals surface area contributed by atoms with Gasteiger partial charge in [0.2, 0.25) is 0 Å². The Morgan fingerprint density at radius 3 is 2.53 bits per heavy atom. The van der Waals surface area contributed by atoms with Crippen molar-refractivity contribution >= 4 is 12.4 Å². The van der Waals surface area contributed by atoms with Gasteiger partial charge in [-0.25, -0.2) is 0 Å². The van der Waals surface area contributed by atoms with E-state index < -0.39 is 5.60 Å². The third-order valence-electron chi connectivity index (χ3n) is 3.52. The molecule has 2 unspecified atom stereocenters. The van der Waals surface area contributed by atoms with Gasteiger partial charge >= 0.3 is 6.15 Å². The first-order chi connectivity index (χ1) is 9.13. The molecule has 1 saturated carbocycles. The number of hydrogen-bond donors (Lipinski definition) is 1. The van der Waals surface area contributed by atoms with E-state index in [1.54, 1.807) is 0 Å². The number of rotatable bonds is 4. The van der Waals surface area contributed by atoms with E-state index in [1.165, 1.54) is 5.56 Å². The fraction of sp³-hybridized carbons (Fsp3) is 0.467. The summed E-state index contributed by atoms with van der Waals surface area (Å²) in [6.07, 6.45) is 4.95. The average molecular weight is 262 g/mol. The van der Waals surface area contributed by atoms with Gasteiger partial charge in [-0.2, -0.15) is 9.59 Å². The first-order valence-corrected chi connectivity index (χ1v) is 6.33. The van der Waals surface area contributed by atoms with E-state index >= 15 is 0 Å². The molecule has 0 bridgehead atoms. The molecule has 4 heteroatoms. The first kappa shape index (κ1) is 15.3. The van der Waals surface area contributed by atoms with Gasteiger partial charge in [0.25, 0.3) is 0 Å². The Labute approximate surface area is 112 Å². The third kappa shape index (κ3) is 5.16. The van der Waals surface area contributed by atoms with Crippen LogP contribution >= 0.6 is 0 Å². The Hall–Kier alpha value is -1.77. The van der Waals surface area contributed by atoms with Crippen LogP contribution in [0.15, 0.2) is 30.3 Å². The standard InChI is InChI=1S/C14H18O2.CO2/c15-9-8-14(16)7-6-13(11-14)10-12-4-2-1-3-5-12;2-1-3/h1-5,9,13,16H,6-8,10-11H2;. The molecular weight excluding hydrogens is 244 g/mol. The van der Waals surface area contributed by atoms with Gasteiger partial charge in [0, 0.05) is 6.42 Å². The van der Waals surface area contributed by atoms with Gasteiger partial charge in [0.15, 0.2) is 0 Å². The van der Waals surface area contributed by atoms with Crippen LogP contribution in [0, 0.1) is 5.92 Å². The maximum absolute atomic E-state index is 10.5. The van der Waals surface area contributed by atoms with Crippen LogP contribution in [0.25, 0.3) is 0 Å². The summed E-state index contributed by atoms with van der Waals surface area (Å²) in [6.45, 7) is 0. The van der Waals surface area contributed by atoms with Crippen molar-refractivity contribution in [3.63, 3.8) is 0 Å². The maximum atomic E-state index is 10.5. The SMILES string of the molecule is O=C=O.O=CCC1(O)CCC(Cc2ccccc2)C1. The lowest BCUT2D eigenvalue weighted by molar-refractivity contribution is -0.191. The van der Waals surface area contributed by atoms with Gasteiger partial charge in [-0.15, -0.1) is 0 Å². The van der Waals surface area contributed by atoms with E-state index in [2.05, 4.69) is 12.1 Å². The molecule has 1 N–H and O–H groups in total. The fourth-order valence-corrected chi connectivity index (χ4v) is 2.68. The molecule has 0 saturated heterocycles. The second-order valence-electron chi connectivity index (χ2n) is 4.98. The first-order valence-electron chi connectivity index (χ1n) is 6.33. The lowest BCUT2D eigenvalue weighted by Gasteiger charge is -2.19. The fourth-order valence-electron chi connectivity index (χ4n) is 2.68. The van der Waals surface area contributed by atoms with Crippen molar-refractivity contribution in [2.24, 2.45) is 5.92 Å². The second-order valence-corrected chi connectivity index (χ2v) is 4.98. The molecule has 19 heavy (non-hydrogen) atoms. The molecule has 1 fully saturated rings. The van der Waals surface area contributed by atoms with Crippen LogP contribution in [0.3, 0.4) is 0 Å². The molecule has 1 aliphatic rings. The van der Waals surface area contributed by atoms with Crippen LogP contribution in [0.2, 0.25) is 0 Å². The summed E-state index contributed by atoms with van der Waals surface area (Å²) in [5.74, 6) is 0.521. The largest absolute Gasteiger partial charge is 0.389 e. The second kappa shape index (κ2) is 7.62. The molecular formula is C15H18O4. The molecule has 1 aromatic rings. The third-order valence-corrected chi connectivity index (χ3v) is 3.52. The van der Waals surface area contributed by atoms with E-state index in [-0.39, 0.29) is 12.6 Å². The molecule has 0 amide bonds. The molecule has 4 nitrogen and oxygen atoms in total. The molecule has 2 atom stereocenters. The Morgan fingerprint density at radius 2 is 1.95 bits per heavy atom. The minimum atomic E-state index is -0.721. The molecule has 0 heterocycles. The van der Waals surface area contributed by atoms with Crippen LogP contribution in [-0.2, 0) is 20.8 Å². The molecule has 0 aromatic heterocycles. The number of benzene rings is 1. The maximum Gasteiger partial charge on any atom is 0.373 e. The zero-order valence-electron chi connectivity index (χ0n) is 10.7. The Bertz CT molecular complexity index is 423. The van der Waals surface area contributed by atoms with Gasteiger partial charge in [-0.1, -0.05) is 30.3 Å².